The zero-order chi connectivity index (χ0) is 14.5. The van der Waals surface area contributed by atoms with E-state index in [9.17, 15) is 4.79 Å². The monoisotopic (exact) mass is 281 g/mol. The van der Waals surface area contributed by atoms with Crippen LogP contribution in [-0.2, 0) is 22.6 Å². The van der Waals surface area contributed by atoms with Gasteiger partial charge in [0.15, 0.2) is 0 Å². The van der Waals surface area contributed by atoms with Gasteiger partial charge in [0.25, 0.3) is 0 Å². The van der Waals surface area contributed by atoms with Crippen molar-refractivity contribution in [3.8, 4) is 0 Å². The molecule has 0 saturated heterocycles. The summed E-state index contributed by atoms with van der Waals surface area (Å²) in [5.41, 5.74) is 0. The zero-order valence-corrected chi connectivity index (χ0v) is 12.4. The van der Waals surface area contributed by atoms with E-state index in [1.807, 2.05) is 25.3 Å². The number of nitrogens with zero attached hydrogens (tertiary/aromatic N) is 4. The molecule has 1 atom stereocenters. The lowest BCUT2D eigenvalue weighted by Gasteiger charge is -2.30. The first kappa shape index (κ1) is 14.9. The van der Waals surface area contributed by atoms with Crippen LogP contribution in [0.1, 0.15) is 26.6 Å². The standard InChI is InChI=1S/C13H23N5O2/c1-4-20-13(19)11(15-10(2)3)7-17-5-6-18-9-14-16-12(18)8-17/h9-11,15H,4-8H2,1-3H3. The Bertz CT molecular complexity index is 446. The molecule has 0 spiro atoms. The Hall–Kier alpha value is -1.47. The van der Waals surface area contributed by atoms with E-state index in [0.717, 1.165) is 25.5 Å². The Kier molecular flexibility index (Phi) is 5.08. The van der Waals surface area contributed by atoms with E-state index in [0.29, 0.717) is 13.2 Å². The Morgan fingerprint density at radius 1 is 1.50 bits per heavy atom. The average molecular weight is 281 g/mol. The summed E-state index contributed by atoms with van der Waals surface area (Å²) in [5, 5.41) is 11.3. The van der Waals surface area contributed by atoms with Gasteiger partial charge in [0, 0.05) is 25.7 Å². The minimum Gasteiger partial charge on any atom is -0.465 e. The fourth-order valence-electron chi connectivity index (χ4n) is 2.37. The lowest BCUT2D eigenvalue weighted by molar-refractivity contribution is -0.146. The molecule has 0 fully saturated rings. The average Bonchev–Trinajstić information content (AvgIpc) is 2.85. The summed E-state index contributed by atoms with van der Waals surface area (Å²) in [6.45, 7) is 9.38. The van der Waals surface area contributed by atoms with E-state index >= 15 is 0 Å². The van der Waals surface area contributed by atoms with Crippen LogP contribution in [0.25, 0.3) is 0 Å². The van der Waals surface area contributed by atoms with Crippen LogP contribution in [0.15, 0.2) is 6.33 Å². The topological polar surface area (TPSA) is 72.3 Å². The van der Waals surface area contributed by atoms with Crippen molar-refractivity contribution in [1.29, 1.82) is 0 Å². The number of esters is 1. The van der Waals surface area contributed by atoms with Crippen molar-refractivity contribution in [2.75, 3.05) is 19.7 Å². The summed E-state index contributed by atoms with van der Waals surface area (Å²) >= 11 is 0. The molecule has 1 N–H and O–H groups in total. The molecule has 2 heterocycles. The number of carbonyl (C=O) groups is 1. The molecule has 0 radical (unpaired) electrons. The highest BCUT2D eigenvalue weighted by Gasteiger charge is 2.26. The number of fused-ring (bicyclic) bond motifs is 1. The first-order chi connectivity index (χ1) is 9.60. The molecule has 7 heteroatoms. The molecule has 112 valence electrons. The number of rotatable bonds is 6. The summed E-state index contributed by atoms with van der Waals surface area (Å²) in [5.74, 6) is 0.761. The van der Waals surface area contributed by atoms with E-state index in [4.69, 9.17) is 4.74 Å². The number of aromatic nitrogens is 3. The van der Waals surface area contributed by atoms with Crippen molar-refractivity contribution in [1.82, 2.24) is 25.0 Å². The molecule has 2 rings (SSSR count). The molecule has 0 saturated carbocycles. The first-order valence-electron chi connectivity index (χ1n) is 7.12. The Morgan fingerprint density at radius 2 is 2.30 bits per heavy atom. The summed E-state index contributed by atoms with van der Waals surface area (Å²) in [4.78, 5) is 14.2. The summed E-state index contributed by atoms with van der Waals surface area (Å²) in [6.07, 6.45) is 1.75. The molecule has 20 heavy (non-hydrogen) atoms. The predicted molar refractivity (Wildman–Crippen MR) is 74.0 cm³/mol. The van der Waals surface area contributed by atoms with Gasteiger partial charge in [0.2, 0.25) is 0 Å². The fraction of sp³-hybridized carbons (Fsp3) is 0.769. The molecule has 1 aromatic rings. The van der Waals surface area contributed by atoms with Gasteiger partial charge in [-0.1, -0.05) is 13.8 Å². The third-order valence-electron chi connectivity index (χ3n) is 3.26. The Morgan fingerprint density at radius 3 is 3.00 bits per heavy atom. The maximum atomic E-state index is 12.0. The lowest BCUT2D eigenvalue weighted by Crippen LogP contribution is -2.50. The maximum Gasteiger partial charge on any atom is 0.324 e. The van der Waals surface area contributed by atoms with E-state index in [1.165, 1.54) is 0 Å². The smallest absolute Gasteiger partial charge is 0.324 e. The predicted octanol–water partition coefficient (Wildman–Crippen LogP) is 0.0234. The van der Waals surface area contributed by atoms with Crippen molar-refractivity contribution in [2.24, 2.45) is 0 Å². The van der Waals surface area contributed by atoms with E-state index < -0.39 is 0 Å². The fourth-order valence-corrected chi connectivity index (χ4v) is 2.37. The number of ether oxygens (including phenoxy) is 1. The second-order valence-electron chi connectivity index (χ2n) is 5.30. The van der Waals surface area contributed by atoms with Gasteiger partial charge in [0.1, 0.15) is 18.2 Å². The largest absolute Gasteiger partial charge is 0.465 e. The summed E-state index contributed by atoms with van der Waals surface area (Å²) in [7, 11) is 0. The van der Waals surface area contributed by atoms with Crippen LogP contribution in [0, 0.1) is 0 Å². The molecular formula is C13H23N5O2. The molecule has 0 bridgehead atoms. The first-order valence-corrected chi connectivity index (χ1v) is 7.12. The van der Waals surface area contributed by atoms with Crippen LogP contribution >= 0.6 is 0 Å². The van der Waals surface area contributed by atoms with Gasteiger partial charge in [-0.3, -0.25) is 9.69 Å². The van der Waals surface area contributed by atoms with Crippen molar-refractivity contribution in [3.05, 3.63) is 12.2 Å². The normalized spacial score (nSPS) is 17.0. The minimum atomic E-state index is -0.301. The van der Waals surface area contributed by atoms with E-state index in [-0.39, 0.29) is 18.1 Å². The third kappa shape index (κ3) is 3.77. The van der Waals surface area contributed by atoms with Gasteiger partial charge in [0.05, 0.1) is 13.2 Å². The van der Waals surface area contributed by atoms with Gasteiger partial charge in [-0.05, 0) is 6.92 Å². The number of carbonyl (C=O) groups excluding carboxylic acids is 1. The maximum absolute atomic E-state index is 12.0. The van der Waals surface area contributed by atoms with Gasteiger partial charge >= 0.3 is 5.97 Å². The molecule has 1 aliphatic rings. The molecule has 1 aliphatic heterocycles. The SMILES string of the molecule is CCOC(=O)C(CN1CCn2cnnc2C1)NC(C)C. The highest BCUT2D eigenvalue weighted by molar-refractivity contribution is 5.76. The number of nitrogens with one attached hydrogen (secondary N) is 1. The molecule has 0 aromatic carbocycles. The lowest BCUT2D eigenvalue weighted by atomic mass is 10.2. The number of hydrogen-bond donors (Lipinski definition) is 1. The van der Waals surface area contributed by atoms with Gasteiger partial charge in [-0.15, -0.1) is 10.2 Å². The second kappa shape index (κ2) is 6.81. The molecule has 0 aliphatic carbocycles. The van der Waals surface area contributed by atoms with Crippen LogP contribution in [0.3, 0.4) is 0 Å². The zero-order valence-electron chi connectivity index (χ0n) is 12.4. The highest BCUT2D eigenvalue weighted by Crippen LogP contribution is 2.10. The Balaban J connectivity index is 1.96. The van der Waals surface area contributed by atoms with Crippen molar-refractivity contribution in [3.63, 3.8) is 0 Å². The summed E-state index contributed by atoms with van der Waals surface area (Å²) < 4.78 is 7.19. The summed E-state index contributed by atoms with van der Waals surface area (Å²) in [6, 6.07) is -0.0673. The molecule has 7 nitrogen and oxygen atoms in total. The Labute approximate surface area is 119 Å². The van der Waals surface area contributed by atoms with E-state index in [1.54, 1.807) is 6.33 Å². The van der Waals surface area contributed by atoms with Crippen LogP contribution in [0.5, 0.6) is 0 Å². The molecule has 0 amide bonds. The van der Waals surface area contributed by atoms with Crippen LogP contribution < -0.4 is 5.32 Å². The molecule has 1 unspecified atom stereocenters. The third-order valence-corrected chi connectivity index (χ3v) is 3.26. The van der Waals surface area contributed by atoms with Crippen molar-refractivity contribution < 1.29 is 9.53 Å². The number of hydrogen-bond acceptors (Lipinski definition) is 6. The molecule has 1 aromatic heterocycles. The van der Waals surface area contributed by atoms with Crippen molar-refractivity contribution in [2.45, 2.75) is 45.9 Å². The van der Waals surface area contributed by atoms with Gasteiger partial charge in [-0.25, -0.2) is 0 Å². The minimum absolute atomic E-state index is 0.187. The van der Waals surface area contributed by atoms with Crippen molar-refractivity contribution >= 4 is 5.97 Å². The quantitative estimate of drug-likeness (QED) is 0.741. The van der Waals surface area contributed by atoms with E-state index in [2.05, 4.69) is 20.4 Å². The second-order valence-corrected chi connectivity index (χ2v) is 5.30. The highest BCUT2D eigenvalue weighted by atomic mass is 16.5. The van der Waals surface area contributed by atoms with Crippen LogP contribution in [0.4, 0.5) is 0 Å². The van der Waals surface area contributed by atoms with Gasteiger partial charge in [-0.2, -0.15) is 0 Å². The molecular weight excluding hydrogens is 258 g/mol. The van der Waals surface area contributed by atoms with Gasteiger partial charge < -0.3 is 14.6 Å². The van der Waals surface area contributed by atoms with Crippen LogP contribution in [-0.4, -0.2) is 57.4 Å². The van der Waals surface area contributed by atoms with Crippen LogP contribution in [0.2, 0.25) is 0 Å².